The minimum atomic E-state index is 0.656. The van der Waals surface area contributed by atoms with E-state index in [9.17, 15) is 0 Å². The van der Waals surface area contributed by atoms with Gasteiger partial charge < -0.3 is 5.32 Å². The lowest BCUT2D eigenvalue weighted by molar-refractivity contribution is 0.356. The van der Waals surface area contributed by atoms with Crippen molar-refractivity contribution in [1.82, 2.24) is 15.5 Å². The van der Waals surface area contributed by atoms with Gasteiger partial charge in [0.2, 0.25) is 0 Å². The zero-order valence-corrected chi connectivity index (χ0v) is 12.9. The Balaban J connectivity index is 1.65. The maximum Gasteiger partial charge on any atom is 0.0794 e. The highest BCUT2D eigenvalue weighted by molar-refractivity contribution is 7.13. The average Bonchev–Trinajstić information content (AvgIpc) is 3.08. The van der Waals surface area contributed by atoms with Crippen molar-refractivity contribution in [2.75, 3.05) is 0 Å². The molecule has 1 saturated carbocycles. The van der Waals surface area contributed by atoms with Crippen LogP contribution in [0.15, 0.2) is 23.7 Å². The minimum Gasteiger partial charge on any atom is -0.310 e. The van der Waals surface area contributed by atoms with Crippen LogP contribution in [0.3, 0.4) is 0 Å². The summed E-state index contributed by atoms with van der Waals surface area (Å²) in [6, 6.07) is 4.89. The summed E-state index contributed by atoms with van der Waals surface area (Å²) in [4.78, 5) is 1.27. The van der Waals surface area contributed by atoms with E-state index in [4.69, 9.17) is 0 Å². The van der Waals surface area contributed by atoms with Gasteiger partial charge in [-0.2, -0.15) is 5.10 Å². The molecule has 108 valence electrons. The number of rotatable bonds is 4. The van der Waals surface area contributed by atoms with Gasteiger partial charge in [-0.05, 0) is 30.2 Å². The molecule has 1 aliphatic carbocycles. The Morgan fingerprint density at radius 1 is 1.35 bits per heavy atom. The lowest BCUT2D eigenvalue weighted by atomic mass is 9.97. The fraction of sp³-hybridized carbons (Fsp3) is 0.562. The topological polar surface area (TPSA) is 40.7 Å². The summed E-state index contributed by atoms with van der Waals surface area (Å²) in [6.07, 6.45) is 8.79. The zero-order chi connectivity index (χ0) is 13.8. The molecule has 0 amide bonds. The first-order valence-corrected chi connectivity index (χ1v) is 8.52. The van der Waals surface area contributed by atoms with Crippen molar-refractivity contribution in [2.24, 2.45) is 5.92 Å². The highest BCUT2D eigenvalue weighted by Crippen LogP contribution is 2.27. The van der Waals surface area contributed by atoms with E-state index in [1.807, 2.05) is 6.20 Å². The number of aromatic nitrogens is 2. The van der Waals surface area contributed by atoms with Crippen molar-refractivity contribution in [2.45, 2.75) is 51.6 Å². The Morgan fingerprint density at radius 2 is 2.25 bits per heavy atom. The maximum atomic E-state index is 4.22. The maximum absolute atomic E-state index is 4.22. The molecule has 0 aliphatic heterocycles. The number of nitrogens with zero attached hydrogens (tertiary/aromatic N) is 1. The summed E-state index contributed by atoms with van der Waals surface area (Å²) in [7, 11) is 0. The van der Waals surface area contributed by atoms with E-state index in [1.54, 1.807) is 11.3 Å². The van der Waals surface area contributed by atoms with Crippen LogP contribution in [0, 0.1) is 5.92 Å². The van der Waals surface area contributed by atoms with Crippen LogP contribution in [0.2, 0.25) is 0 Å². The molecule has 0 aromatic carbocycles. The molecule has 1 aliphatic rings. The summed E-state index contributed by atoms with van der Waals surface area (Å²) in [6.45, 7) is 3.30. The quantitative estimate of drug-likeness (QED) is 0.828. The lowest BCUT2D eigenvalue weighted by Crippen LogP contribution is -2.33. The molecule has 0 saturated heterocycles. The van der Waals surface area contributed by atoms with Gasteiger partial charge in [0.1, 0.15) is 0 Å². The first-order chi connectivity index (χ1) is 9.84. The molecule has 0 bridgehead atoms. The average molecular weight is 289 g/mol. The molecule has 2 unspecified atom stereocenters. The SMILES string of the molecule is CC1CCCCCC1NCc1cn[nH]c1-c1cccs1. The summed E-state index contributed by atoms with van der Waals surface area (Å²) < 4.78 is 0. The van der Waals surface area contributed by atoms with E-state index in [0.717, 1.165) is 12.5 Å². The largest absolute Gasteiger partial charge is 0.310 e. The molecule has 1 fully saturated rings. The van der Waals surface area contributed by atoms with Crippen molar-refractivity contribution in [3.05, 3.63) is 29.3 Å². The smallest absolute Gasteiger partial charge is 0.0794 e. The molecular weight excluding hydrogens is 266 g/mol. The van der Waals surface area contributed by atoms with Gasteiger partial charge in [-0.25, -0.2) is 0 Å². The number of aromatic amines is 1. The fourth-order valence-electron chi connectivity index (χ4n) is 3.12. The van der Waals surface area contributed by atoms with Crippen molar-refractivity contribution in [3.63, 3.8) is 0 Å². The number of thiophene rings is 1. The third kappa shape index (κ3) is 3.13. The lowest BCUT2D eigenvalue weighted by Gasteiger charge is -2.22. The third-order valence-corrected chi connectivity index (χ3v) is 5.29. The predicted octanol–water partition coefficient (Wildman–Crippen LogP) is 4.20. The number of nitrogens with one attached hydrogen (secondary N) is 2. The summed E-state index contributed by atoms with van der Waals surface area (Å²) >= 11 is 1.76. The van der Waals surface area contributed by atoms with Gasteiger partial charge in [-0.1, -0.05) is 32.3 Å². The van der Waals surface area contributed by atoms with E-state index >= 15 is 0 Å². The number of hydrogen-bond donors (Lipinski definition) is 2. The highest BCUT2D eigenvalue weighted by atomic mass is 32.1. The second kappa shape index (κ2) is 6.55. The normalized spacial score (nSPS) is 23.6. The standard InChI is InChI=1S/C16H23N3S/c1-12-6-3-2-4-7-14(12)17-10-13-11-18-19-16(13)15-8-5-9-20-15/h5,8-9,11-12,14,17H,2-4,6-7,10H2,1H3,(H,18,19). The molecule has 3 nitrogen and oxygen atoms in total. The summed E-state index contributed by atoms with van der Waals surface area (Å²) in [5.74, 6) is 0.787. The van der Waals surface area contributed by atoms with E-state index in [2.05, 4.69) is 40.0 Å². The van der Waals surface area contributed by atoms with Crippen molar-refractivity contribution >= 4 is 11.3 Å². The van der Waals surface area contributed by atoms with Crippen LogP contribution < -0.4 is 5.32 Å². The van der Waals surface area contributed by atoms with Crippen LogP contribution in [-0.4, -0.2) is 16.2 Å². The summed E-state index contributed by atoms with van der Waals surface area (Å²) in [5, 5.41) is 13.2. The van der Waals surface area contributed by atoms with Crippen molar-refractivity contribution < 1.29 is 0 Å². The molecule has 2 atom stereocenters. The molecular formula is C16H23N3S. The van der Waals surface area contributed by atoms with Crippen LogP contribution in [0.5, 0.6) is 0 Å². The van der Waals surface area contributed by atoms with E-state index in [0.29, 0.717) is 6.04 Å². The van der Waals surface area contributed by atoms with Gasteiger partial charge in [-0.3, -0.25) is 5.10 Å². The predicted molar refractivity (Wildman–Crippen MR) is 84.8 cm³/mol. The molecule has 4 heteroatoms. The number of H-pyrrole nitrogens is 1. The molecule has 2 aromatic heterocycles. The van der Waals surface area contributed by atoms with Crippen LogP contribution in [0.25, 0.3) is 10.6 Å². The van der Waals surface area contributed by atoms with Crippen molar-refractivity contribution in [1.29, 1.82) is 0 Å². The Morgan fingerprint density at radius 3 is 3.10 bits per heavy atom. The molecule has 0 spiro atoms. The first kappa shape index (κ1) is 13.8. The molecule has 2 N–H and O–H groups in total. The van der Waals surface area contributed by atoms with Crippen LogP contribution >= 0.6 is 11.3 Å². The van der Waals surface area contributed by atoms with Gasteiger partial charge in [0.15, 0.2) is 0 Å². The molecule has 2 heterocycles. The first-order valence-electron chi connectivity index (χ1n) is 7.64. The second-order valence-corrected chi connectivity index (χ2v) is 6.80. The minimum absolute atomic E-state index is 0.656. The van der Waals surface area contributed by atoms with E-state index in [-0.39, 0.29) is 0 Å². The molecule has 2 aromatic rings. The van der Waals surface area contributed by atoms with Gasteiger partial charge in [-0.15, -0.1) is 11.3 Å². The van der Waals surface area contributed by atoms with Crippen molar-refractivity contribution in [3.8, 4) is 10.6 Å². The fourth-order valence-corrected chi connectivity index (χ4v) is 3.87. The highest BCUT2D eigenvalue weighted by Gasteiger charge is 2.20. The monoisotopic (exact) mass is 289 g/mol. The zero-order valence-electron chi connectivity index (χ0n) is 12.1. The van der Waals surface area contributed by atoms with Gasteiger partial charge in [0, 0.05) is 18.2 Å². The van der Waals surface area contributed by atoms with Crippen LogP contribution in [0.1, 0.15) is 44.6 Å². The second-order valence-electron chi connectivity index (χ2n) is 5.85. The van der Waals surface area contributed by atoms with E-state index < -0.39 is 0 Å². The molecule has 3 rings (SSSR count). The molecule has 0 radical (unpaired) electrons. The van der Waals surface area contributed by atoms with Gasteiger partial charge in [0.05, 0.1) is 16.8 Å². The molecule has 20 heavy (non-hydrogen) atoms. The van der Waals surface area contributed by atoms with Gasteiger partial charge >= 0.3 is 0 Å². The van der Waals surface area contributed by atoms with E-state index in [1.165, 1.54) is 48.2 Å². The Hall–Kier alpha value is -1.13. The van der Waals surface area contributed by atoms with Crippen LogP contribution in [0.4, 0.5) is 0 Å². The third-order valence-electron chi connectivity index (χ3n) is 4.40. The number of hydrogen-bond acceptors (Lipinski definition) is 3. The van der Waals surface area contributed by atoms with Crippen LogP contribution in [-0.2, 0) is 6.54 Å². The Kier molecular flexibility index (Phi) is 4.53. The van der Waals surface area contributed by atoms with Gasteiger partial charge in [0.25, 0.3) is 0 Å². The Labute approximate surface area is 124 Å². The Bertz CT molecular complexity index is 518. The summed E-state index contributed by atoms with van der Waals surface area (Å²) in [5.41, 5.74) is 2.46.